The highest BCUT2D eigenvalue weighted by molar-refractivity contribution is 5.89. The van der Waals surface area contributed by atoms with E-state index in [1.54, 1.807) is 0 Å². The van der Waals surface area contributed by atoms with Gasteiger partial charge in [0.2, 0.25) is 0 Å². The number of amides is 2. The number of hydrogen-bond acceptors (Lipinski definition) is 2. The minimum absolute atomic E-state index is 0.0250. The zero-order valence-electron chi connectivity index (χ0n) is 11.6. The summed E-state index contributed by atoms with van der Waals surface area (Å²) in [4.78, 5) is 14.3. The van der Waals surface area contributed by atoms with Crippen LogP contribution in [0.15, 0.2) is 24.3 Å². The molecule has 0 bridgehead atoms. The predicted molar refractivity (Wildman–Crippen MR) is 78.2 cm³/mol. The van der Waals surface area contributed by atoms with E-state index in [1.807, 2.05) is 36.1 Å². The molecule has 0 spiro atoms. The van der Waals surface area contributed by atoms with Crippen LogP contribution in [-0.2, 0) is 0 Å². The summed E-state index contributed by atoms with van der Waals surface area (Å²) in [6.07, 6.45) is 4.43. The lowest BCUT2D eigenvalue weighted by molar-refractivity contribution is 0.191. The summed E-state index contributed by atoms with van der Waals surface area (Å²) in [5.41, 5.74) is 7.79. The van der Waals surface area contributed by atoms with Gasteiger partial charge in [0.1, 0.15) is 0 Å². The van der Waals surface area contributed by atoms with Gasteiger partial charge in [-0.2, -0.15) is 0 Å². The van der Waals surface area contributed by atoms with Crippen LogP contribution < -0.4 is 11.1 Å². The second kappa shape index (κ2) is 6.57. The number of anilines is 1. The summed E-state index contributed by atoms with van der Waals surface area (Å²) in [6, 6.07) is 8.01. The summed E-state index contributed by atoms with van der Waals surface area (Å²) < 4.78 is 0. The van der Waals surface area contributed by atoms with Crippen LogP contribution in [-0.4, -0.2) is 30.1 Å². The Hall–Kier alpha value is -1.55. The van der Waals surface area contributed by atoms with Crippen LogP contribution >= 0.6 is 0 Å². The third kappa shape index (κ3) is 3.70. The van der Waals surface area contributed by atoms with E-state index in [2.05, 4.69) is 5.32 Å². The van der Waals surface area contributed by atoms with Crippen molar-refractivity contribution in [3.8, 4) is 0 Å². The first kappa shape index (κ1) is 13.9. The SMILES string of the molecule is Cc1cccc(NC(=O)N2CCCCCC2CN)c1. The maximum absolute atomic E-state index is 12.4. The van der Waals surface area contributed by atoms with Crippen molar-refractivity contribution < 1.29 is 4.79 Å². The zero-order chi connectivity index (χ0) is 13.7. The molecule has 1 aliphatic rings. The molecule has 1 unspecified atom stereocenters. The molecular formula is C15H23N3O. The highest BCUT2D eigenvalue weighted by Gasteiger charge is 2.24. The Morgan fingerprint density at radius 2 is 2.26 bits per heavy atom. The normalized spacial score (nSPS) is 19.9. The lowest BCUT2D eigenvalue weighted by atomic mass is 10.1. The molecule has 1 fully saturated rings. The number of nitrogens with one attached hydrogen (secondary N) is 1. The smallest absolute Gasteiger partial charge is 0.322 e. The van der Waals surface area contributed by atoms with E-state index in [-0.39, 0.29) is 12.1 Å². The lowest BCUT2D eigenvalue weighted by Gasteiger charge is -2.29. The fourth-order valence-electron chi connectivity index (χ4n) is 2.61. The fourth-order valence-corrected chi connectivity index (χ4v) is 2.61. The van der Waals surface area contributed by atoms with Crippen LogP contribution in [0.5, 0.6) is 0 Å². The summed E-state index contributed by atoms with van der Waals surface area (Å²) in [6.45, 7) is 3.37. The fraction of sp³-hybridized carbons (Fsp3) is 0.533. The van der Waals surface area contributed by atoms with Gasteiger partial charge in [-0.25, -0.2) is 4.79 Å². The molecule has 1 atom stereocenters. The highest BCUT2D eigenvalue weighted by Crippen LogP contribution is 2.18. The van der Waals surface area contributed by atoms with Gasteiger partial charge in [-0.1, -0.05) is 25.0 Å². The van der Waals surface area contributed by atoms with Gasteiger partial charge in [-0.3, -0.25) is 0 Å². The summed E-state index contributed by atoms with van der Waals surface area (Å²) in [5, 5.41) is 2.98. The molecule has 1 aromatic rings. The maximum atomic E-state index is 12.4. The second-order valence-electron chi connectivity index (χ2n) is 5.23. The molecule has 104 valence electrons. The van der Waals surface area contributed by atoms with Crippen molar-refractivity contribution in [1.29, 1.82) is 0 Å². The van der Waals surface area contributed by atoms with Crippen LogP contribution in [0.3, 0.4) is 0 Å². The Balaban J connectivity index is 2.04. The number of hydrogen-bond donors (Lipinski definition) is 2. The molecule has 4 heteroatoms. The zero-order valence-corrected chi connectivity index (χ0v) is 11.6. The third-order valence-electron chi connectivity index (χ3n) is 3.68. The van der Waals surface area contributed by atoms with Crippen molar-refractivity contribution in [2.45, 2.75) is 38.6 Å². The van der Waals surface area contributed by atoms with Crippen LogP contribution in [0.1, 0.15) is 31.2 Å². The second-order valence-corrected chi connectivity index (χ2v) is 5.23. The molecule has 2 rings (SSSR count). The Morgan fingerprint density at radius 3 is 3.00 bits per heavy atom. The van der Waals surface area contributed by atoms with E-state index in [0.717, 1.165) is 37.1 Å². The number of nitrogens with zero attached hydrogens (tertiary/aromatic N) is 1. The quantitative estimate of drug-likeness (QED) is 0.860. The predicted octanol–water partition coefficient (Wildman–Crippen LogP) is 2.73. The van der Waals surface area contributed by atoms with E-state index in [1.165, 1.54) is 6.42 Å². The van der Waals surface area contributed by atoms with Crippen molar-refractivity contribution >= 4 is 11.7 Å². The minimum atomic E-state index is -0.0250. The van der Waals surface area contributed by atoms with Crippen molar-refractivity contribution in [2.75, 3.05) is 18.4 Å². The number of urea groups is 1. The van der Waals surface area contributed by atoms with Crippen LogP contribution in [0, 0.1) is 6.92 Å². The number of carbonyl (C=O) groups excluding carboxylic acids is 1. The largest absolute Gasteiger partial charge is 0.328 e. The third-order valence-corrected chi connectivity index (χ3v) is 3.68. The minimum Gasteiger partial charge on any atom is -0.328 e. The van der Waals surface area contributed by atoms with Gasteiger partial charge in [0.05, 0.1) is 0 Å². The first-order chi connectivity index (χ1) is 9.20. The number of benzene rings is 1. The van der Waals surface area contributed by atoms with Crippen LogP contribution in [0.4, 0.5) is 10.5 Å². The molecular weight excluding hydrogens is 238 g/mol. The lowest BCUT2D eigenvalue weighted by Crippen LogP contribution is -2.46. The van der Waals surface area contributed by atoms with E-state index in [4.69, 9.17) is 5.73 Å². The first-order valence-corrected chi connectivity index (χ1v) is 7.05. The number of carbonyl (C=O) groups is 1. The van der Waals surface area contributed by atoms with Crippen molar-refractivity contribution in [3.05, 3.63) is 29.8 Å². The van der Waals surface area contributed by atoms with E-state index < -0.39 is 0 Å². The Kier molecular flexibility index (Phi) is 4.80. The standard InChI is InChI=1S/C15H23N3O/c1-12-6-5-7-13(10-12)17-15(19)18-9-4-2-3-8-14(18)11-16/h5-7,10,14H,2-4,8-9,11,16H2,1H3,(H,17,19). The summed E-state index contributed by atoms with van der Waals surface area (Å²) in [5.74, 6) is 0. The number of likely N-dealkylation sites (tertiary alicyclic amines) is 1. The summed E-state index contributed by atoms with van der Waals surface area (Å²) in [7, 11) is 0. The number of aryl methyl sites for hydroxylation is 1. The Bertz CT molecular complexity index is 433. The van der Waals surface area contributed by atoms with Gasteiger partial charge in [-0.15, -0.1) is 0 Å². The van der Waals surface area contributed by atoms with Crippen molar-refractivity contribution in [2.24, 2.45) is 5.73 Å². The molecule has 1 saturated heterocycles. The van der Waals surface area contributed by atoms with Crippen molar-refractivity contribution in [1.82, 2.24) is 4.90 Å². The van der Waals surface area contributed by atoms with Gasteiger partial charge >= 0.3 is 6.03 Å². The average Bonchev–Trinajstić information content (AvgIpc) is 2.63. The first-order valence-electron chi connectivity index (χ1n) is 7.05. The van der Waals surface area contributed by atoms with Gasteiger partial charge in [-0.05, 0) is 37.5 Å². The number of rotatable bonds is 2. The highest BCUT2D eigenvalue weighted by atomic mass is 16.2. The molecule has 1 aliphatic heterocycles. The molecule has 3 N–H and O–H groups in total. The van der Waals surface area contributed by atoms with Crippen LogP contribution in [0.25, 0.3) is 0 Å². The Labute approximate surface area is 115 Å². The van der Waals surface area contributed by atoms with Gasteiger partial charge < -0.3 is 16.0 Å². The number of nitrogens with two attached hydrogens (primary N) is 1. The van der Waals surface area contributed by atoms with E-state index in [0.29, 0.717) is 6.54 Å². The van der Waals surface area contributed by atoms with Gasteiger partial charge in [0.15, 0.2) is 0 Å². The monoisotopic (exact) mass is 261 g/mol. The molecule has 2 amide bonds. The van der Waals surface area contributed by atoms with Crippen molar-refractivity contribution in [3.63, 3.8) is 0 Å². The molecule has 0 aromatic heterocycles. The van der Waals surface area contributed by atoms with E-state index in [9.17, 15) is 4.79 Å². The summed E-state index contributed by atoms with van der Waals surface area (Å²) >= 11 is 0. The van der Waals surface area contributed by atoms with E-state index >= 15 is 0 Å². The topological polar surface area (TPSA) is 58.4 Å². The molecule has 1 aromatic carbocycles. The van der Waals surface area contributed by atoms with Gasteiger partial charge in [0.25, 0.3) is 0 Å². The molecule has 0 saturated carbocycles. The molecule has 0 aliphatic carbocycles. The molecule has 4 nitrogen and oxygen atoms in total. The average molecular weight is 261 g/mol. The Morgan fingerprint density at radius 1 is 1.42 bits per heavy atom. The molecule has 0 radical (unpaired) electrons. The van der Waals surface area contributed by atoms with Gasteiger partial charge in [0, 0.05) is 24.8 Å². The van der Waals surface area contributed by atoms with Crippen LogP contribution in [0.2, 0.25) is 0 Å². The maximum Gasteiger partial charge on any atom is 0.322 e. The molecule has 19 heavy (non-hydrogen) atoms. The molecule has 1 heterocycles.